The minimum absolute atomic E-state index is 0.146. The summed E-state index contributed by atoms with van der Waals surface area (Å²) < 4.78 is 28.3. The van der Waals surface area contributed by atoms with Gasteiger partial charge in [-0.25, -0.2) is 13.6 Å². The SMILES string of the molecule is Cn1c(N2CCC(F)(F)C2)cc(=O)n(C)c1=O. The maximum Gasteiger partial charge on any atom is 0.332 e. The van der Waals surface area contributed by atoms with E-state index >= 15 is 0 Å². The lowest BCUT2D eigenvalue weighted by molar-refractivity contribution is 0.0256. The van der Waals surface area contributed by atoms with E-state index in [1.807, 2.05) is 0 Å². The molecule has 1 fully saturated rings. The third-order valence-electron chi connectivity index (χ3n) is 2.99. The van der Waals surface area contributed by atoms with Gasteiger partial charge < -0.3 is 4.90 Å². The maximum atomic E-state index is 13.1. The molecule has 17 heavy (non-hydrogen) atoms. The predicted molar refractivity (Wildman–Crippen MR) is 58.7 cm³/mol. The number of hydrogen-bond acceptors (Lipinski definition) is 3. The van der Waals surface area contributed by atoms with Gasteiger partial charge in [0.15, 0.2) is 0 Å². The van der Waals surface area contributed by atoms with Gasteiger partial charge in [0.05, 0.1) is 6.54 Å². The molecule has 0 radical (unpaired) electrons. The number of aromatic nitrogens is 2. The number of halogens is 2. The van der Waals surface area contributed by atoms with Gasteiger partial charge in [-0.3, -0.25) is 13.9 Å². The van der Waals surface area contributed by atoms with Gasteiger partial charge in [-0.1, -0.05) is 0 Å². The van der Waals surface area contributed by atoms with Crippen molar-refractivity contribution in [2.24, 2.45) is 14.1 Å². The van der Waals surface area contributed by atoms with E-state index in [2.05, 4.69) is 0 Å². The number of rotatable bonds is 1. The highest BCUT2D eigenvalue weighted by molar-refractivity contribution is 5.40. The molecular formula is C10H13F2N3O2. The van der Waals surface area contributed by atoms with Crippen molar-refractivity contribution < 1.29 is 8.78 Å². The molecule has 0 spiro atoms. The van der Waals surface area contributed by atoms with Gasteiger partial charge in [0.1, 0.15) is 5.82 Å². The first-order valence-corrected chi connectivity index (χ1v) is 5.22. The molecule has 2 heterocycles. The first kappa shape index (κ1) is 11.8. The molecule has 1 aliphatic rings. The predicted octanol–water partition coefficient (Wildman–Crippen LogP) is -0.0706. The second-order valence-electron chi connectivity index (χ2n) is 4.27. The van der Waals surface area contributed by atoms with Crippen LogP contribution in [0.4, 0.5) is 14.6 Å². The van der Waals surface area contributed by atoms with Crippen molar-refractivity contribution in [3.63, 3.8) is 0 Å². The summed E-state index contributed by atoms with van der Waals surface area (Å²) in [7, 11) is 2.82. The van der Waals surface area contributed by atoms with Crippen molar-refractivity contribution in [3.8, 4) is 0 Å². The Morgan fingerprint density at radius 2 is 1.88 bits per heavy atom. The number of hydrogen-bond donors (Lipinski definition) is 0. The van der Waals surface area contributed by atoms with Crippen LogP contribution in [0.1, 0.15) is 6.42 Å². The Bertz CT molecular complexity index is 562. The summed E-state index contributed by atoms with van der Waals surface area (Å²) in [6, 6.07) is 1.21. The van der Waals surface area contributed by atoms with Gasteiger partial charge >= 0.3 is 5.69 Å². The van der Waals surface area contributed by atoms with E-state index in [0.717, 1.165) is 4.57 Å². The van der Waals surface area contributed by atoms with Gasteiger partial charge in [-0.15, -0.1) is 0 Å². The fourth-order valence-corrected chi connectivity index (χ4v) is 1.96. The summed E-state index contributed by atoms with van der Waals surface area (Å²) in [6.07, 6.45) is -0.254. The minimum atomic E-state index is -2.75. The lowest BCUT2D eigenvalue weighted by Crippen LogP contribution is -2.40. The monoisotopic (exact) mass is 245 g/mol. The Kier molecular flexibility index (Phi) is 2.56. The molecule has 1 aliphatic heterocycles. The summed E-state index contributed by atoms with van der Waals surface area (Å²) in [5.74, 6) is -2.51. The van der Waals surface area contributed by atoms with Crippen LogP contribution in [0.2, 0.25) is 0 Å². The van der Waals surface area contributed by atoms with Gasteiger partial charge in [0.2, 0.25) is 0 Å². The van der Waals surface area contributed by atoms with Crippen LogP contribution in [0.5, 0.6) is 0 Å². The molecule has 0 amide bonds. The summed E-state index contributed by atoms with van der Waals surface area (Å²) in [4.78, 5) is 24.5. The first-order valence-electron chi connectivity index (χ1n) is 5.22. The summed E-state index contributed by atoms with van der Waals surface area (Å²) >= 11 is 0. The van der Waals surface area contributed by atoms with Crippen LogP contribution in [0.15, 0.2) is 15.7 Å². The van der Waals surface area contributed by atoms with Crippen LogP contribution in [-0.4, -0.2) is 28.1 Å². The number of nitrogens with zero attached hydrogens (tertiary/aromatic N) is 3. The molecule has 1 aromatic rings. The molecule has 0 N–H and O–H groups in total. The van der Waals surface area contributed by atoms with Gasteiger partial charge in [0.25, 0.3) is 11.5 Å². The van der Waals surface area contributed by atoms with E-state index in [0.29, 0.717) is 0 Å². The molecule has 7 heteroatoms. The van der Waals surface area contributed by atoms with E-state index in [9.17, 15) is 18.4 Å². The van der Waals surface area contributed by atoms with Crippen molar-refractivity contribution in [1.29, 1.82) is 0 Å². The molecule has 0 bridgehead atoms. The molecule has 1 aromatic heterocycles. The topological polar surface area (TPSA) is 47.2 Å². The largest absolute Gasteiger partial charge is 0.351 e. The maximum absolute atomic E-state index is 13.1. The Labute approximate surface area is 95.9 Å². The highest BCUT2D eigenvalue weighted by atomic mass is 19.3. The van der Waals surface area contributed by atoms with Gasteiger partial charge in [-0.05, 0) is 0 Å². The Hall–Kier alpha value is -1.66. The van der Waals surface area contributed by atoms with E-state index < -0.39 is 23.7 Å². The second-order valence-corrected chi connectivity index (χ2v) is 4.27. The van der Waals surface area contributed by atoms with E-state index in [4.69, 9.17) is 0 Å². The summed E-state index contributed by atoms with van der Waals surface area (Å²) in [5.41, 5.74) is -0.999. The lowest BCUT2D eigenvalue weighted by Gasteiger charge is -2.20. The average Bonchev–Trinajstić information content (AvgIpc) is 2.61. The van der Waals surface area contributed by atoms with Crippen molar-refractivity contribution in [1.82, 2.24) is 9.13 Å². The highest BCUT2D eigenvalue weighted by Gasteiger charge is 2.39. The Morgan fingerprint density at radius 1 is 1.24 bits per heavy atom. The number of alkyl halides is 2. The fraction of sp³-hybridized carbons (Fsp3) is 0.600. The Balaban J connectivity index is 2.48. The van der Waals surface area contributed by atoms with E-state index in [-0.39, 0.29) is 18.8 Å². The third-order valence-corrected chi connectivity index (χ3v) is 2.99. The normalized spacial score (nSPS) is 18.7. The fourth-order valence-electron chi connectivity index (χ4n) is 1.96. The van der Waals surface area contributed by atoms with Gasteiger partial charge in [0, 0.05) is 33.1 Å². The van der Waals surface area contributed by atoms with Gasteiger partial charge in [-0.2, -0.15) is 0 Å². The summed E-state index contributed by atoms with van der Waals surface area (Å²) in [5, 5.41) is 0. The molecule has 94 valence electrons. The van der Waals surface area contributed by atoms with Crippen LogP contribution < -0.4 is 16.1 Å². The van der Waals surface area contributed by atoms with E-state index in [1.54, 1.807) is 0 Å². The standard InChI is InChI=1S/C10H13F2N3O2/c1-13-7(5-8(16)14(2)9(13)17)15-4-3-10(11,12)6-15/h5H,3-4,6H2,1-2H3. The third kappa shape index (κ3) is 1.96. The van der Waals surface area contributed by atoms with Crippen LogP contribution in [0.3, 0.4) is 0 Å². The highest BCUT2D eigenvalue weighted by Crippen LogP contribution is 2.29. The Morgan fingerprint density at radius 3 is 2.41 bits per heavy atom. The molecular weight excluding hydrogens is 232 g/mol. The molecule has 0 aliphatic carbocycles. The van der Waals surface area contributed by atoms with Crippen LogP contribution in [0.25, 0.3) is 0 Å². The number of anilines is 1. The van der Waals surface area contributed by atoms with Crippen molar-refractivity contribution >= 4 is 5.82 Å². The lowest BCUT2D eigenvalue weighted by atomic mass is 10.3. The molecule has 1 saturated heterocycles. The molecule has 2 rings (SSSR count). The quantitative estimate of drug-likeness (QED) is 0.696. The zero-order chi connectivity index (χ0) is 12.8. The molecule has 0 aromatic carbocycles. The van der Waals surface area contributed by atoms with Crippen molar-refractivity contribution in [3.05, 3.63) is 26.9 Å². The molecule has 0 atom stereocenters. The zero-order valence-electron chi connectivity index (χ0n) is 9.61. The van der Waals surface area contributed by atoms with Crippen molar-refractivity contribution in [2.45, 2.75) is 12.3 Å². The first-order chi connectivity index (χ1) is 7.82. The zero-order valence-corrected chi connectivity index (χ0v) is 9.61. The molecule has 5 nitrogen and oxygen atoms in total. The molecule has 0 unspecified atom stereocenters. The minimum Gasteiger partial charge on any atom is -0.351 e. The average molecular weight is 245 g/mol. The van der Waals surface area contributed by atoms with E-state index in [1.165, 1.54) is 29.6 Å². The smallest absolute Gasteiger partial charge is 0.332 e. The summed E-state index contributed by atoms with van der Waals surface area (Å²) in [6.45, 7) is -0.305. The van der Waals surface area contributed by atoms with Crippen LogP contribution in [0, 0.1) is 0 Å². The van der Waals surface area contributed by atoms with Crippen LogP contribution >= 0.6 is 0 Å². The van der Waals surface area contributed by atoms with Crippen molar-refractivity contribution in [2.75, 3.05) is 18.0 Å². The molecule has 0 saturated carbocycles. The second kappa shape index (κ2) is 3.68. The van der Waals surface area contributed by atoms with Crippen LogP contribution in [-0.2, 0) is 14.1 Å².